The number of benzene rings is 1. The molecule has 10 heteroatoms. The predicted octanol–water partition coefficient (Wildman–Crippen LogP) is 0.747. The summed E-state index contributed by atoms with van der Waals surface area (Å²) in [7, 11) is -3.72. The van der Waals surface area contributed by atoms with Gasteiger partial charge in [0.15, 0.2) is 0 Å². The second kappa shape index (κ2) is 6.50. The lowest BCUT2D eigenvalue weighted by atomic mass is 10.0. The first-order chi connectivity index (χ1) is 13.2. The first-order valence-electron chi connectivity index (χ1n) is 8.53. The molecule has 4 rings (SSSR count). The molecule has 144 valence electrons. The van der Waals surface area contributed by atoms with Gasteiger partial charge in [0.25, 0.3) is 5.56 Å². The van der Waals surface area contributed by atoms with Gasteiger partial charge in [-0.05, 0) is 54.5 Å². The van der Waals surface area contributed by atoms with E-state index >= 15 is 0 Å². The number of hydrogen-bond donors (Lipinski definition) is 3. The first kappa shape index (κ1) is 18.3. The van der Waals surface area contributed by atoms with Crippen molar-refractivity contribution in [2.24, 2.45) is 5.14 Å². The number of nitrogens with two attached hydrogens (primary N) is 1. The van der Waals surface area contributed by atoms with Gasteiger partial charge >= 0.3 is 5.69 Å². The highest BCUT2D eigenvalue weighted by Gasteiger charge is 2.41. The molecule has 0 spiro atoms. The number of aryl methyl sites for hydroxylation is 1. The summed E-state index contributed by atoms with van der Waals surface area (Å²) in [5, 5.41) is 13.4. The fourth-order valence-corrected chi connectivity index (χ4v) is 3.90. The normalized spacial score (nSPS) is 18.8. The van der Waals surface area contributed by atoms with Crippen LogP contribution >= 0.6 is 0 Å². The van der Waals surface area contributed by atoms with Crippen LogP contribution in [0.4, 0.5) is 0 Å². The fourth-order valence-electron chi connectivity index (χ4n) is 3.39. The molecule has 1 saturated carbocycles. The van der Waals surface area contributed by atoms with Crippen molar-refractivity contribution >= 4 is 10.0 Å². The Morgan fingerprint density at radius 1 is 1.11 bits per heavy atom. The van der Waals surface area contributed by atoms with Gasteiger partial charge in [-0.1, -0.05) is 12.1 Å². The van der Waals surface area contributed by atoms with Gasteiger partial charge in [-0.2, -0.15) is 5.10 Å². The number of nitrogens with one attached hydrogen (secondary N) is 2. The highest BCUT2D eigenvalue weighted by Crippen LogP contribution is 2.55. The second-order valence-corrected chi connectivity index (χ2v) is 8.38. The van der Waals surface area contributed by atoms with Crippen LogP contribution in [0.3, 0.4) is 0 Å². The van der Waals surface area contributed by atoms with Crippen molar-refractivity contribution in [1.82, 2.24) is 20.2 Å². The van der Waals surface area contributed by atoms with E-state index in [1.165, 1.54) is 18.3 Å². The highest BCUT2D eigenvalue weighted by molar-refractivity contribution is 7.89. The van der Waals surface area contributed by atoms with Gasteiger partial charge in [0, 0.05) is 6.20 Å². The third-order valence-corrected chi connectivity index (χ3v) is 5.87. The minimum Gasteiger partial charge on any atom is -0.313 e. The Balaban J connectivity index is 1.64. The SMILES string of the molecule is Cc1nnc(-c2c[nH]c(=O)[nH]c2=O)cc1[C@H]1C[C@@H]1c1ccc(S(N)(=O)=O)cc1. The first-order valence-corrected chi connectivity index (χ1v) is 10.1. The standard InChI is InChI=1S/C18H17N5O4S/c1-9-12(7-16(23-22-9)15-8-20-18(25)21-17(15)24)14-6-13(14)10-2-4-11(5-3-10)28(19,26)27/h2-5,7-8,13-14H,6H2,1H3,(H2,19,26,27)(H2,20,21,24,25)/t13-,14-/m1/s1. The van der Waals surface area contributed by atoms with Gasteiger partial charge < -0.3 is 4.98 Å². The van der Waals surface area contributed by atoms with Crippen LogP contribution < -0.4 is 16.4 Å². The zero-order valence-electron chi connectivity index (χ0n) is 14.8. The Labute approximate surface area is 159 Å². The molecule has 1 aliphatic carbocycles. The molecule has 1 aliphatic rings. The average molecular weight is 399 g/mol. The highest BCUT2D eigenvalue weighted by atomic mass is 32.2. The Bertz CT molecular complexity index is 1280. The zero-order valence-corrected chi connectivity index (χ0v) is 15.7. The minimum atomic E-state index is -3.72. The van der Waals surface area contributed by atoms with Gasteiger partial charge in [0.05, 0.1) is 16.2 Å². The van der Waals surface area contributed by atoms with Crippen LogP contribution in [0.25, 0.3) is 11.3 Å². The summed E-state index contributed by atoms with van der Waals surface area (Å²) in [6.07, 6.45) is 2.20. The zero-order chi connectivity index (χ0) is 20.1. The number of nitrogens with zero attached hydrogens (tertiary/aromatic N) is 2. The van der Waals surface area contributed by atoms with Gasteiger partial charge in [-0.3, -0.25) is 9.78 Å². The van der Waals surface area contributed by atoms with Crippen molar-refractivity contribution in [3.05, 3.63) is 74.2 Å². The van der Waals surface area contributed by atoms with Crippen molar-refractivity contribution in [3.8, 4) is 11.3 Å². The summed E-state index contributed by atoms with van der Waals surface area (Å²) in [5.41, 5.74) is 2.25. The summed E-state index contributed by atoms with van der Waals surface area (Å²) in [6, 6.07) is 8.35. The van der Waals surface area contributed by atoms with Crippen molar-refractivity contribution in [2.75, 3.05) is 0 Å². The number of sulfonamides is 1. The fraction of sp³-hybridized carbons (Fsp3) is 0.222. The van der Waals surface area contributed by atoms with Crippen LogP contribution in [0, 0.1) is 6.92 Å². The van der Waals surface area contributed by atoms with E-state index in [0.29, 0.717) is 5.69 Å². The molecule has 0 amide bonds. The number of aromatic nitrogens is 4. The average Bonchev–Trinajstić information content (AvgIpc) is 3.42. The summed E-state index contributed by atoms with van der Waals surface area (Å²) in [4.78, 5) is 27.9. The van der Waals surface area contributed by atoms with Crippen LogP contribution in [0.5, 0.6) is 0 Å². The molecule has 1 fully saturated rings. The van der Waals surface area contributed by atoms with E-state index in [1.807, 2.05) is 13.0 Å². The summed E-state index contributed by atoms with van der Waals surface area (Å²) in [6.45, 7) is 1.85. The van der Waals surface area contributed by atoms with Crippen LogP contribution in [-0.2, 0) is 10.0 Å². The molecule has 2 atom stereocenters. The molecule has 4 N–H and O–H groups in total. The summed E-state index contributed by atoms with van der Waals surface area (Å²) >= 11 is 0. The predicted molar refractivity (Wildman–Crippen MR) is 101 cm³/mol. The van der Waals surface area contributed by atoms with Crippen molar-refractivity contribution < 1.29 is 8.42 Å². The quantitative estimate of drug-likeness (QED) is 0.589. The summed E-state index contributed by atoms with van der Waals surface area (Å²) in [5.74, 6) is 0.413. The molecule has 1 aromatic carbocycles. The molecule has 2 heterocycles. The Kier molecular flexibility index (Phi) is 4.24. The van der Waals surface area contributed by atoms with E-state index in [1.54, 1.807) is 12.1 Å². The van der Waals surface area contributed by atoms with E-state index in [0.717, 1.165) is 23.2 Å². The summed E-state index contributed by atoms with van der Waals surface area (Å²) < 4.78 is 22.8. The van der Waals surface area contributed by atoms with Gasteiger partial charge in [0.1, 0.15) is 5.69 Å². The van der Waals surface area contributed by atoms with Crippen molar-refractivity contribution in [2.45, 2.75) is 30.1 Å². The van der Waals surface area contributed by atoms with E-state index in [2.05, 4.69) is 20.2 Å². The van der Waals surface area contributed by atoms with Gasteiger partial charge in [-0.25, -0.2) is 18.4 Å². The smallest absolute Gasteiger partial charge is 0.313 e. The van der Waals surface area contributed by atoms with E-state index in [-0.39, 0.29) is 22.3 Å². The molecular formula is C18H17N5O4S. The number of rotatable bonds is 4. The largest absolute Gasteiger partial charge is 0.325 e. The molecule has 2 aromatic heterocycles. The van der Waals surface area contributed by atoms with Crippen molar-refractivity contribution in [3.63, 3.8) is 0 Å². The monoisotopic (exact) mass is 399 g/mol. The lowest BCUT2D eigenvalue weighted by Crippen LogP contribution is -2.23. The molecule has 9 nitrogen and oxygen atoms in total. The maximum absolute atomic E-state index is 12.0. The number of primary sulfonamides is 1. The number of H-pyrrole nitrogens is 2. The van der Waals surface area contributed by atoms with E-state index < -0.39 is 21.3 Å². The Hall–Kier alpha value is -3.11. The third kappa shape index (κ3) is 3.39. The molecular weight excluding hydrogens is 382 g/mol. The lowest BCUT2D eigenvalue weighted by molar-refractivity contribution is 0.598. The maximum atomic E-state index is 12.0. The molecule has 0 unspecified atom stereocenters. The molecule has 0 saturated heterocycles. The second-order valence-electron chi connectivity index (χ2n) is 6.82. The molecule has 3 aromatic rings. The maximum Gasteiger partial charge on any atom is 0.325 e. The third-order valence-electron chi connectivity index (χ3n) is 4.94. The lowest BCUT2D eigenvalue weighted by Gasteiger charge is -2.07. The van der Waals surface area contributed by atoms with E-state index in [4.69, 9.17) is 5.14 Å². The molecule has 0 radical (unpaired) electrons. The van der Waals surface area contributed by atoms with Gasteiger partial charge in [0.2, 0.25) is 10.0 Å². The van der Waals surface area contributed by atoms with Crippen molar-refractivity contribution in [1.29, 1.82) is 0 Å². The Morgan fingerprint density at radius 2 is 1.82 bits per heavy atom. The Morgan fingerprint density at radius 3 is 2.46 bits per heavy atom. The van der Waals surface area contributed by atoms with Gasteiger partial charge in [-0.15, -0.1) is 5.10 Å². The molecule has 0 aliphatic heterocycles. The van der Waals surface area contributed by atoms with Crippen LogP contribution in [0.2, 0.25) is 0 Å². The topological polar surface area (TPSA) is 152 Å². The van der Waals surface area contributed by atoms with Crippen LogP contribution in [-0.4, -0.2) is 28.6 Å². The molecule has 0 bridgehead atoms. The van der Waals surface area contributed by atoms with E-state index in [9.17, 15) is 18.0 Å². The molecule has 28 heavy (non-hydrogen) atoms. The van der Waals surface area contributed by atoms with Crippen LogP contribution in [0.15, 0.2) is 51.0 Å². The number of aromatic amines is 2. The minimum absolute atomic E-state index is 0.0785. The number of hydrogen-bond acceptors (Lipinski definition) is 6. The van der Waals surface area contributed by atoms with Crippen LogP contribution in [0.1, 0.15) is 35.1 Å².